The number of benzene rings is 1. The molecule has 0 aliphatic carbocycles. The quantitative estimate of drug-likeness (QED) is 0.579. The highest BCUT2D eigenvalue weighted by molar-refractivity contribution is 9.10. The van der Waals surface area contributed by atoms with Crippen LogP contribution in [-0.4, -0.2) is 16.0 Å². The van der Waals surface area contributed by atoms with Gasteiger partial charge in [-0.3, -0.25) is 4.79 Å². The third-order valence-electron chi connectivity index (χ3n) is 2.50. The van der Waals surface area contributed by atoms with Crippen LogP contribution in [0, 0.1) is 0 Å². The molecule has 0 aliphatic heterocycles. The molecule has 1 unspecified atom stereocenters. The van der Waals surface area contributed by atoms with E-state index >= 15 is 0 Å². The van der Waals surface area contributed by atoms with Crippen LogP contribution in [0.4, 0.5) is 0 Å². The van der Waals surface area contributed by atoms with Gasteiger partial charge >= 0.3 is 0 Å². The van der Waals surface area contributed by atoms with Crippen molar-refractivity contribution < 1.29 is 4.79 Å². The van der Waals surface area contributed by atoms with Crippen molar-refractivity contribution in [3.05, 3.63) is 57.7 Å². The van der Waals surface area contributed by atoms with E-state index < -0.39 is 0 Å². The van der Waals surface area contributed by atoms with Crippen LogP contribution in [-0.2, 0) is 0 Å². The molecule has 19 heavy (non-hydrogen) atoms. The third kappa shape index (κ3) is 4.06. The Hall–Kier alpha value is -0.840. The Kier molecular flexibility index (Phi) is 5.02. The van der Waals surface area contributed by atoms with E-state index in [4.69, 9.17) is 11.6 Å². The van der Waals surface area contributed by atoms with Crippen LogP contribution in [0.2, 0.25) is 5.02 Å². The topological polar surface area (TPSA) is 30.0 Å². The van der Waals surface area contributed by atoms with Gasteiger partial charge in [0, 0.05) is 21.3 Å². The molecule has 0 saturated carbocycles. The van der Waals surface area contributed by atoms with Gasteiger partial charge in [-0.05, 0) is 59.3 Å². The van der Waals surface area contributed by atoms with E-state index in [-0.39, 0.29) is 11.0 Å². The summed E-state index contributed by atoms with van der Waals surface area (Å²) in [4.78, 5) is 16.5. The predicted molar refractivity (Wildman–Crippen MR) is 83.0 cm³/mol. The summed E-state index contributed by atoms with van der Waals surface area (Å²) < 4.78 is 0.925. The molecule has 2 aromatic rings. The van der Waals surface area contributed by atoms with Crippen LogP contribution in [0.5, 0.6) is 0 Å². The van der Waals surface area contributed by atoms with Gasteiger partial charge in [0.25, 0.3) is 0 Å². The molecule has 1 aromatic heterocycles. The predicted octanol–water partition coefficient (Wildman–Crippen LogP) is 4.86. The van der Waals surface area contributed by atoms with Gasteiger partial charge < -0.3 is 0 Å². The molecule has 2 rings (SSSR count). The van der Waals surface area contributed by atoms with Crippen LogP contribution in [0.3, 0.4) is 0 Å². The Morgan fingerprint density at radius 3 is 2.53 bits per heavy atom. The number of carbonyl (C=O) groups excluding carboxylic acids is 1. The maximum atomic E-state index is 12.2. The molecule has 0 N–H and O–H groups in total. The van der Waals surface area contributed by atoms with Crippen LogP contribution in [0.15, 0.2) is 52.1 Å². The van der Waals surface area contributed by atoms with Crippen molar-refractivity contribution in [2.75, 3.05) is 0 Å². The Bertz CT molecular complexity index is 571. The molecular formula is C14H11BrClNOS. The standard InChI is InChI=1S/C14H11BrClNOS/c1-9(19-13-7-4-11(15)8-17-13)14(18)10-2-5-12(16)6-3-10/h2-9H,1H3. The smallest absolute Gasteiger partial charge is 0.175 e. The van der Waals surface area contributed by atoms with Crippen molar-refractivity contribution in [1.82, 2.24) is 4.98 Å². The van der Waals surface area contributed by atoms with E-state index in [0.29, 0.717) is 10.6 Å². The highest BCUT2D eigenvalue weighted by atomic mass is 79.9. The molecule has 1 atom stereocenters. The Labute approximate surface area is 129 Å². The largest absolute Gasteiger partial charge is 0.293 e. The zero-order chi connectivity index (χ0) is 13.8. The number of pyridine rings is 1. The number of Topliss-reactive ketones (excluding diaryl/α,β-unsaturated/α-hetero) is 1. The first kappa shape index (κ1) is 14.6. The van der Waals surface area contributed by atoms with E-state index in [1.54, 1.807) is 30.5 Å². The van der Waals surface area contributed by atoms with Crippen molar-refractivity contribution in [3.63, 3.8) is 0 Å². The molecule has 0 amide bonds. The highest BCUT2D eigenvalue weighted by Gasteiger charge is 2.16. The summed E-state index contributed by atoms with van der Waals surface area (Å²) in [6, 6.07) is 10.7. The fourth-order valence-electron chi connectivity index (χ4n) is 1.52. The Balaban J connectivity index is 2.07. The lowest BCUT2D eigenvalue weighted by Gasteiger charge is -2.09. The van der Waals surface area contributed by atoms with Gasteiger partial charge in [0.15, 0.2) is 5.78 Å². The second-order valence-corrected chi connectivity index (χ2v) is 6.66. The minimum atomic E-state index is -0.185. The van der Waals surface area contributed by atoms with Gasteiger partial charge in [0.2, 0.25) is 0 Å². The van der Waals surface area contributed by atoms with E-state index in [9.17, 15) is 4.79 Å². The monoisotopic (exact) mass is 355 g/mol. The number of halogens is 2. The normalized spacial score (nSPS) is 12.2. The van der Waals surface area contributed by atoms with E-state index in [1.165, 1.54) is 11.8 Å². The first-order valence-corrected chi connectivity index (χ1v) is 7.69. The summed E-state index contributed by atoms with van der Waals surface area (Å²) in [7, 11) is 0. The number of thioether (sulfide) groups is 1. The first-order valence-electron chi connectivity index (χ1n) is 5.64. The second kappa shape index (κ2) is 6.55. The minimum Gasteiger partial charge on any atom is -0.293 e. The average Bonchev–Trinajstić information content (AvgIpc) is 2.41. The van der Waals surface area contributed by atoms with Crippen molar-refractivity contribution in [1.29, 1.82) is 0 Å². The van der Waals surface area contributed by atoms with Gasteiger partial charge in [0.1, 0.15) is 0 Å². The molecule has 0 bridgehead atoms. The van der Waals surface area contributed by atoms with Gasteiger partial charge in [-0.15, -0.1) is 0 Å². The number of hydrogen-bond donors (Lipinski definition) is 0. The Morgan fingerprint density at radius 2 is 1.95 bits per heavy atom. The molecule has 98 valence electrons. The minimum absolute atomic E-state index is 0.0754. The summed E-state index contributed by atoms with van der Waals surface area (Å²) >= 11 is 10.6. The molecule has 2 nitrogen and oxygen atoms in total. The van der Waals surface area contributed by atoms with Crippen LogP contribution in [0.25, 0.3) is 0 Å². The summed E-state index contributed by atoms with van der Waals surface area (Å²) in [5, 5.41) is 1.28. The lowest BCUT2D eigenvalue weighted by Crippen LogP contribution is -2.13. The van der Waals surface area contributed by atoms with Gasteiger partial charge in [-0.25, -0.2) is 4.98 Å². The molecule has 0 fully saturated rings. The zero-order valence-electron chi connectivity index (χ0n) is 10.1. The van der Waals surface area contributed by atoms with Gasteiger partial charge in [-0.2, -0.15) is 0 Å². The summed E-state index contributed by atoms with van der Waals surface area (Å²) in [5.41, 5.74) is 0.668. The van der Waals surface area contributed by atoms with Crippen LogP contribution < -0.4 is 0 Å². The fraction of sp³-hybridized carbons (Fsp3) is 0.143. The third-order valence-corrected chi connectivity index (χ3v) is 4.27. The molecule has 0 radical (unpaired) electrons. The maximum absolute atomic E-state index is 12.2. The first-order chi connectivity index (χ1) is 9.06. The summed E-state index contributed by atoms with van der Waals surface area (Å²) in [6.45, 7) is 1.88. The van der Waals surface area contributed by atoms with Crippen molar-refractivity contribution >= 4 is 45.1 Å². The van der Waals surface area contributed by atoms with Gasteiger partial charge in [0.05, 0.1) is 10.3 Å². The van der Waals surface area contributed by atoms with Crippen molar-refractivity contribution in [2.24, 2.45) is 0 Å². The molecule has 0 aliphatic rings. The summed E-state index contributed by atoms with van der Waals surface area (Å²) in [5.74, 6) is 0.0754. The van der Waals surface area contributed by atoms with Crippen molar-refractivity contribution in [3.8, 4) is 0 Å². The molecule has 1 aromatic carbocycles. The number of nitrogens with zero attached hydrogens (tertiary/aromatic N) is 1. The zero-order valence-corrected chi connectivity index (χ0v) is 13.3. The number of rotatable bonds is 4. The highest BCUT2D eigenvalue weighted by Crippen LogP contribution is 2.25. The number of carbonyl (C=O) groups is 1. The SMILES string of the molecule is CC(Sc1ccc(Br)cn1)C(=O)c1ccc(Cl)cc1. The Morgan fingerprint density at radius 1 is 1.26 bits per heavy atom. The average molecular weight is 357 g/mol. The number of aromatic nitrogens is 1. The molecule has 1 heterocycles. The molecule has 5 heteroatoms. The second-order valence-electron chi connectivity index (χ2n) is 3.95. The van der Waals surface area contributed by atoms with E-state index in [0.717, 1.165) is 9.50 Å². The molecular weight excluding hydrogens is 346 g/mol. The molecule has 0 spiro atoms. The van der Waals surface area contributed by atoms with E-state index in [1.807, 2.05) is 19.1 Å². The lowest BCUT2D eigenvalue weighted by atomic mass is 10.1. The van der Waals surface area contributed by atoms with Crippen LogP contribution >= 0.6 is 39.3 Å². The summed E-state index contributed by atoms with van der Waals surface area (Å²) in [6.07, 6.45) is 1.72. The number of ketones is 1. The van der Waals surface area contributed by atoms with Crippen LogP contribution in [0.1, 0.15) is 17.3 Å². The lowest BCUT2D eigenvalue weighted by molar-refractivity contribution is 0.0994. The van der Waals surface area contributed by atoms with E-state index in [2.05, 4.69) is 20.9 Å². The van der Waals surface area contributed by atoms with Crippen molar-refractivity contribution in [2.45, 2.75) is 17.2 Å². The maximum Gasteiger partial charge on any atom is 0.175 e. The number of hydrogen-bond acceptors (Lipinski definition) is 3. The fourth-order valence-corrected chi connectivity index (χ4v) is 2.74. The van der Waals surface area contributed by atoms with Gasteiger partial charge in [-0.1, -0.05) is 23.4 Å². The molecule has 0 saturated heterocycles.